The van der Waals surface area contributed by atoms with Crippen molar-refractivity contribution in [1.82, 2.24) is 15.5 Å². The van der Waals surface area contributed by atoms with Gasteiger partial charge >= 0.3 is 0 Å². The minimum absolute atomic E-state index is 0.0848. The van der Waals surface area contributed by atoms with E-state index < -0.39 is 0 Å². The van der Waals surface area contributed by atoms with Crippen LogP contribution < -0.4 is 5.32 Å². The molecule has 2 aromatic rings. The lowest BCUT2D eigenvalue weighted by Gasteiger charge is -2.07. The third kappa shape index (κ3) is 3.42. The summed E-state index contributed by atoms with van der Waals surface area (Å²) < 4.78 is 5.19. The van der Waals surface area contributed by atoms with Crippen molar-refractivity contribution in [3.63, 3.8) is 0 Å². The fourth-order valence-corrected chi connectivity index (χ4v) is 2.75. The summed E-state index contributed by atoms with van der Waals surface area (Å²) in [6, 6.07) is 7.21. The number of benzene rings is 1. The minimum atomic E-state index is 0.0848. The van der Waals surface area contributed by atoms with E-state index in [4.69, 9.17) is 16.1 Å². The van der Waals surface area contributed by atoms with E-state index in [1.807, 2.05) is 12.1 Å². The predicted octanol–water partition coefficient (Wildman–Crippen LogP) is 3.20. The molecule has 0 aliphatic heterocycles. The summed E-state index contributed by atoms with van der Waals surface area (Å²) in [5, 5.41) is 7.36. The first kappa shape index (κ1) is 14.1. The Morgan fingerprint density at radius 1 is 1.38 bits per heavy atom. The second-order valence-electron chi connectivity index (χ2n) is 5.23. The molecule has 1 fully saturated rings. The van der Waals surface area contributed by atoms with E-state index in [1.54, 1.807) is 12.1 Å². The molecule has 0 unspecified atom stereocenters. The van der Waals surface area contributed by atoms with Gasteiger partial charge in [-0.25, -0.2) is 0 Å². The van der Waals surface area contributed by atoms with Crippen LogP contribution in [0.15, 0.2) is 28.8 Å². The van der Waals surface area contributed by atoms with Gasteiger partial charge in [-0.2, -0.15) is 4.98 Å². The van der Waals surface area contributed by atoms with Gasteiger partial charge in [0.05, 0.1) is 6.54 Å². The number of nitrogens with one attached hydrogen (secondary N) is 1. The topological polar surface area (TPSA) is 68.0 Å². The van der Waals surface area contributed by atoms with Crippen molar-refractivity contribution >= 4 is 17.5 Å². The van der Waals surface area contributed by atoms with Gasteiger partial charge in [0.2, 0.25) is 5.91 Å². The molecule has 110 valence electrons. The average molecular weight is 306 g/mol. The zero-order valence-electron chi connectivity index (χ0n) is 11.5. The van der Waals surface area contributed by atoms with E-state index in [-0.39, 0.29) is 11.8 Å². The van der Waals surface area contributed by atoms with E-state index in [1.165, 1.54) is 0 Å². The smallest absolute Gasteiger partial charge is 0.258 e. The Kier molecular flexibility index (Phi) is 4.20. The summed E-state index contributed by atoms with van der Waals surface area (Å²) in [6.07, 6.45) is 4.23. The molecule has 0 spiro atoms. The lowest BCUT2D eigenvalue weighted by Crippen LogP contribution is -2.29. The van der Waals surface area contributed by atoms with Crippen LogP contribution in [-0.4, -0.2) is 16.0 Å². The Morgan fingerprint density at radius 3 is 2.95 bits per heavy atom. The van der Waals surface area contributed by atoms with Crippen LogP contribution in [0.4, 0.5) is 0 Å². The van der Waals surface area contributed by atoms with Gasteiger partial charge in [0.25, 0.3) is 5.89 Å². The van der Waals surface area contributed by atoms with Crippen molar-refractivity contribution < 1.29 is 9.32 Å². The molecule has 1 aromatic carbocycles. The Balaban J connectivity index is 1.61. The van der Waals surface area contributed by atoms with Gasteiger partial charge in [-0.05, 0) is 31.0 Å². The molecule has 1 aliphatic rings. The highest BCUT2D eigenvalue weighted by Gasteiger charge is 2.22. The Labute approximate surface area is 127 Å². The molecule has 3 rings (SSSR count). The van der Waals surface area contributed by atoms with Gasteiger partial charge in [-0.3, -0.25) is 4.79 Å². The summed E-state index contributed by atoms with van der Waals surface area (Å²) in [5.41, 5.74) is 0.767. The third-order valence-corrected chi connectivity index (χ3v) is 3.92. The average Bonchev–Trinajstić information content (AvgIpc) is 3.16. The zero-order valence-corrected chi connectivity index (χ0v) is 12.3. The van der Waals surface area contributed by atoms with Crippen molar-refractivity contribution in [1.29, 1.82) is 0 Å². The van der Waals surface area contributed by atoms with Crippen LogP contribution in [0, 0.1) is 5.92 Å². The molecule has 21 heavy (non-hydrogen) atoms. The third-order valence-electron chi connectivity index (χ3n) is 3.69. The quantitative estimate of drug-likeness (QED) is 0.942. The number of aromatic nitrogens is 2. The fraction of sp³-hybridized carbons (Fsp3) is 0.400. The number of hydrogen-bond acceptors (Lipinski definition) is 4. The number of halogens is 1. The predicted molar refractivity (Wildman–Crippen MR) is 78.5 cm³/mol. The summed E-state index contributed by atoms with van der Waals surface area (Å²) in [4.78, 5) is 16.2. The highest BCUT2D eigenvalue weighted by atomic mass is 35.5. The molecule has 5 nitrogen and oxygen atoms in total. The maximum atomic E-state index is 11.9. The number of hydrogen-bond donors (Lipinski definition) is 1. The highest BCUT2D eigenvalue weighted by Crippen LogP contribution is 2.25. The fourth-order valence-electron chi connectivity index (χ4n) is 2.56. The normalized spacial score (nSPS) is 15.3. The summed E-state index contributed by atoms with van der Waals surface area (Å²) >= 11 is 5.93. The second-order valence-corrected chi connectivity index (χ2v) is 5.66. The molecule has 1 amide bonds. The van der Waals surface area contributed by atoms with Crippen molar-refractivity contribution in [3.8, 4) is 11.5 Å². The maximum Gasteiger partial charge on any atom is 0.258 e. The first-order chi connectivity index (χ1) is 10.2. The number of rotatable bonds is 4. The minimum Gasteiger partial charge on any atom is -0.348 e. The van der Waals surface area contributed by atoms with Crippen molar-refractivity contribution in [2.45, 2.75) is 32.2 Å². The molecule has 1 saturated carbocycles. The lowest BCUT2D eigenvalue weighted by atomic mass is 10.1. The van der Waals surface area contributed by atoms with Crippen LogP contribution in [0.5, 0.6) is 0 Å². The first-order valence-corrected chi connectivity index (χ1v) is 7.46. The monoisotopic (exact) mass is 305 g/mol. The molecule has 0 bridgehead atoms. The molecular weight excluding hydrogens is 290 g/mol. The zero-order chi connectivity index (χ0) is 14.7. The van der Waals surface area contributed by atoms with Crippen molar-refractivity contribution in [2.75, 3.05) is 0 Å². The Bertz CT molecular complexity index is 635. The number of amides is 1. The van der Waals surface area contributed by atoms with Gasteiger partial charge in [0.1, 0.15) is 0 Å². The summed E-state index contributed by atoms with van der Waals surface area (Å²) in [5.74, 6) is 1.10. The molecule has 1 aliphatic carbocycles. The van der Waals surface area contributed by atoms with Crippen LogP contribution in [-0.2, 0) is 11.3 Å². The van der Waals surface area contributed by atoms with E-state index in [0.29, 0.717) is 23.3 Å². The largest absolute Gasteiger partial charge is 0.348 e. The van der Waals surface area contributed by atoms with Crippen molar-refractivity contribution in [2.24, 2.45) is 5.92 Å². The molecule has 0 atom stereocenters. The second kappa shape index (κ2) is 6.26. The van der Waals surface area contributed by atoms with Gasteiger partial charge in [0.15, 0.2) is 5.82 Å². The summed E-state index contributed by atoms with van der Waals surface area (Å²) in [6.45, 7) is 0.291. The van der Waals surface area contributed by atoms with Gasteiger partial charge in [0, 0.05) is 16.5 Å². The number of nitrogens with zero attached hydrogens (tertiary/aromatic N) is 2. The molecule has 0 radical (unpaired) electrons. The SMILES string of the molecule is O=C(NCc1noc(-c2cccc(Cl)c2)n1)C1CCCC1. The molecule has 0 saturated heterocycles. The van der Waals surface area contributed by atoms with Crippen molar-refractivity contribution in [3.05, 3.63) is 35.1 Å². The van der Waals surface area contributed by atoms with Gasteiger partial charge < -0.3 is 9.84 Å². The van der Waals surface area contributed by atoms with Crippen LogP contribution in [0.3, 0.4) is 0 Å². The molecule has 1 N–H and O–H groups in total. The molecule has 6 heteroatoms. The highest BCUT2D eigenvalue weighted by molar-refractivity contribution is 6.30. The van der Waals surface area contributed by atoms with E-state index in [9.17, 15) is 4.79 Å². The van der Waals surface area contributed by atoms with E-state index >= 15 is 0 Å². The number of carbonyl (C=O) groups excluding carboxylic acids is 1. The van der Waals surface area contributed by atoms with Gasteiger partial charge in [-0.1, -0.05) is 35.7 Å². The van der Waals surface area contributed by atoms with Crippen LogP contribution in [0.1, 0.15) is 31.5 Å². The van der Waals surface area contributed by atoms with Crippen LogP contribution in [0.25, 0.3) is 11.5 Å². The lowest BCUT2D eigenvalue weighted by molar-refractivity contribution is -0.125. The van der Waals surface area contributed by atoms with Crippen LogP contribution in [0.2, 0.25) is 5.02 Å². The Hall–Kier alpha value is -1.88. The standard InChI is InChI=1S/C15H16ClN3O2/c16-12-7-3-6-11(8-12)15-18-13(19-21-15)9-17-14(20)10-4-1-2-5-10/h3,6-8,10H,1-2,4-5,9H2,(H,17,20). The number of carbonyl (C=O) groups is 1. The summed E-state index contributed by atoms with van der Waals surface area (Å²) in [7, 11) is 0. The maximum absolute atomic E-state index is 11.9. The van der Waals surface area contributed by atoms with E-state index in [0.717, 1.165) is 31.2 Å². The molecular formula is C15H16ClN3O2. The van der Waals surface area contributed by atoms with Crippen LogP contribution >= 0.6 is 11.6 Å². The Morgan fingerprint density at radius 2 is 2.19 bits per heavy atom. The molecule has 1 aromatic heterocycles. The van der Waals surface area contributed by atoms with Gasteiger partial charge in [-0.15, -0.1) is 0 Å². The molecule has 1 heterocycles. The van der Waals surface area contributed by atoms with E-state index in [2.05, 4.69) is 15.5 Å². The first-order valence-electron chi connectivity index (χ1n) is 7.08.